The predicted octanol–water partition coefficient (Wildman–Crippen LogP) is 1.70. The minimum atomic E-state index is -0.709. The van der Waals surface area contributed by atoms with Crippen molar-refractivity contribution in [3.63, 3.8) is 0 Å². The minimum absolute atomic E-state index is 0.00752. The van der Waals surface area contributed by atoms with Gasteiger partial charge in [-0.3, -0.25) is 14.6 Å². The average molecular weight is 419 g/mol. The van der Waals surface area contributed by atoms with E-state index in [0.717, 1.165) is 18.2 Å². The number of carbonyl (C=O) groups excluding carboxylic acids is 2. The second-order valence-electron chi connectivity index (χ2n) is 7.11. The number of benzene rings is 1. The third kappa shape index (κ3) is 6.04. The highest BCUT2D eigenvalue weighted by atomic mass is 19.1. The summed E-state index contributed by atoms with van der Waals surface area (Å²) in [6.07, 6.45) is 1.50. The SMILES string of the molecule is O=C(C[C@@H]1CC[C@H](NC(=O)c2ccccn2)[C@H](CO)O1)NCc1cc(F)cc(F)c1. The Morgan fingerprint density at radius 2 is 1.93 bits per heavy atom. The highest BCUT2D eigenvalue weighted by Crippen LogP contribution is 2.22. The highest BCUT2D eigenvalue weighted by molar-refractivity contribution is 5.92. The fourth-order valence-electron chi connectivity index (χ4n) is 3.38. The fourth-order valence-corrected chi connectivity index (χ4v) is 3.38. The molecule has 2 amide bonds. The fraction of sp³-hybridized carbons (Fsp3) is 0.381. The molecule has 0 saturated carbocycles. The number of rotatable bonds is 7. The number of nitrogens with zero attached hydrogens (tertiary/aromatic N) is 1. The Labute approximate surface area is 172 Å². The van der Waals surface area contributed by atoms with Gasteiger partial charge in [-0.2, -0.15) is 0 Å². The molecular weight excluding hydrogens is 396 g/mol. The van der Waals surface area contributed by atoms with Gasteiger partial charge in [0.2, 0.25) is 5.91 Å². The van der Waals surface area contributed by atoms with Crippen LogP contribution in [0.4, 0.5) is 8.78 Å². The van der Waals surface area contributed by atoms with Gasteiger partial charge in [0.15, 0.2) is 0 Å². The van der Waals surface area contributed by atoms with Gasteiger partial charge in [-0.25, -0.2) is 8.78 Å². The smallest absolute Gasteiger partial charge is 0.270 e. The second-order valence-corrected chi connectivity index (χ2v) is 7.11. The summed E-state index contributed by atoms with van der Waals surface area (Å²) in [5, 5.41) is 15.1. The van der Waals surface area contributed by atoms with Crippen molar-refractivity contribution >= 4 is 11.8 Å². The molecule has 1 aromatic carbocycles. The number of aliphatic hydroxyl groups is 1. The van der Waals surface area contributed by atoms with Gasteiger partial charge in [-0.05, 0) is 42.7 Å². The van der Waals surface area contributed by atoms with E-state index >= 15 is 0 Å². The van der Waals surface area contributed by atoms with Gasteiger partial charge in [-0.1, -0.05) is 6.07 Å². The van der Waals surface area contributed by atoms with Gasteiger partial charge >= 0.3 is 0 Å². The molecule has 1 aromatic heterocycles. The van der Waals surface area contributed by atoms with Crippen LogP contribution in [0.15, 0.2) is 42.6 Å². The van der Waals surface area contributed by atoms with E-state index in [9.17, 15) is 23.5 Å². The number of hydrogen-bond donors (Lipinski definition) is 3. The maximum absolute atomic E-state index is 13.2. The Morgan fingerprint density at radius 3 is 2.60 bits per heavy atom. The number of hydrogen-bond acceptors (Lipinski definition) is 5. The summed E-state index contributed by atoms with van der Waals surface area (Å²) >= 11 is 0. The lowest BCUT2D eigenvalue weighted by atomic mass is 9.96. The molecule has 1 aliphatic heterocycles. The van der Waals surface area contributed by atoms with E-state index in [1.807, 2.05) is 0 Å². The number of aliphatic hydroxyl groups excluding tert-OH is 1. The number of nitrogens with one attached hydrogen (secondary N) is 2. The third-order valence-corrected chi connectivity index (χ3v) is 4.83. The molecule has 7 nitrogen and oxygen atoms in total. The largest absolute Gasteiger partial charge is 0.394 e. The lowest BCUT2D eigenvalue weighted by Gasteiger charge is -2.35. The number of amides is 2. The molecule has 0 unspecified atom stereocenters. The van der Waals surface area contributed by atoms with E-state index in [2.05, 4.69) is 15.6 Å². The van der Waals surface area contributed by atoms with Gasteiger partial charge < -0.3 is 20.5 Å². The molecule has 9 heteroatoms. The molecule has 3 N–H and O–H groups in total. The first-order valence-electron chi connectivity index (χ1n) is 9.64. The monoisotopic (exact) mass is 419 g/mol. The lowest BCUT2D eigenvalue weighted by Crippen LogP contribution is -2.51. The molecule has 3 atom stereocenters. The van der Waals surface area contributed by atoms with E-state index in [1.165, 1.54) is 6.20 Å². The molecule has 2 aromatic rings. The van der Waals surface area contributed by atoms with Crippen LogP contribution in [0.2, 0.25) is 0 Å². The summed E-state index contributed by atoms with van der Waals surface area (Å²) in [5.41, 5.74) is 0.584. The van der Waals surface area contributed by atoms with Crippen molar-refractivity contribution in [3.8, 4) is 0 Å². The van der Waals surface area contributed by atoms with E-state index in [1.54, 1.807) is 18.2 Å². The van der Waals surface area contributed by atoms with Gasteiger partial charge in [0.25, 0.3) is 5.91 Å². The van der Waals surface area contributed by atoms with Crippen LogP contribution in [0.25, 0.3) is 0 Å². The van der Waals surface area contributed by atoms with Crippen LogP contribution in [0.5, 0.6) is 0 Å². The molecule has 30 heavy (non-hydrogen) atoms. The van der Waals surface area contributed by atoms with E-state index in [0.29, 0.717) is 18.4 Å². The average Bonchev–Trinajstić information content (AvgIpc) is 2.73. The van der Waals surface area contributed by atoms with Gasteiger partial charge in [0.1, 0.15) is 23.4 Å². The Hall–Kier alpha value is -2.91. The van der Waals surface area contributed by atoms with Crippen LogP contribution in [-0.2, 0) is 16.1 Å². The van der Waals surface area contributed by atoms with Crippen molar-refractivity contribution in [1.29, 1.82) is 0 Å². The Balaban J connectivity index is 1.48. The molecule has 1 aliphatic rings. The molecule has 1 saturated heterocycles. The summed E-state index contributed by atoms with van der Waals surface area (Å²) in [6, 6.07) is 7.66. The van der Waals surface area contributed by atoms with E-state index in [-0.39, 0.29) is 37.1 Å². The standard InChI is InChI=1S/C21H23F2N3O4/c22-14-7-13(8-15(23)9-14)11-25-20(28)10-16-4-5-17(19(12-27)30-16)26-21(29)18-3-1-2-6-24-18/h1-3,6-9,16-17,19,27H,4-5,10-12H2,(H,25,28)(H,26,29)/t16-,17-,19-/m0/s1. The van der Waals surface area contributed by atoms with Crippen LogP contribution in [0, 0.1) is 11.6 Å². The molecule has 1 fully saturated rings. The molecule has 0 aliphatic carbocycles. The van der Waals surface area contributed by atoms with Crippen LogP contribution >= 0.6 is 0 Å². The maximum Gasteiger partial charge on any atom is 0.270 e. The molecule has 3 rings (SSSR count). The Morgan fingerprint density at radius 1 is 1.17 bits per heavy atom. The first kappa shape index (κ1) is 21.8. The first-order chi connectivity index (χ1) is 14.4. The van der Waals surface area contributed by atoms with Gasteiger partial charge in [-0.15, -0.1) is 0 Å². The predicted molar refractivity (Wildman–Crippen MR) is 103 cm³/mol. The van der Waals surface area contributed by atoms with Crippen molar-refractivity contribution in [3.05, 3.63) is 65.5 Å². The van der Waals surface area contributed by atoms with E-state index in [4.69, 9.17) is 4.74 Å². The molecule has 0 bridgehead atoms. The van der Waals surface area contributed by atoms with Crippen LogP contribution in [-0.4, -0.2) is 46.8 Å². The summed E-state index contributed by atoms with van der Waals surface area (Å²) in [5.74, 6) is -2.11. The van der Waals surface area contributed by atoms with Crippen molar-refractivity contribution in [2.24, 2.45) is 0 Å². The van der Waals surface area contributed by atoms with Crippen LogP contribution in [0.3, 0.4) is 0 Å². The first-order valence-corrected chi connectivity index (χ1v) is 9.64. The summed E-state index contributed by atoms with van der Waals surface area (Å²) in [6.45, 7) is -0.319. The quantitative estimate of drug-likeness (QED) is 0.634. The molecule has 160 valence electrons. The third-order valence-electron chi connectivity index (χ3n) is 4.83. The van der Waals surface area contributed by atoms with Crippen molar-refractivity contribution in [1.82, 2.24) is 15.6 Å². The lowest BCUT2D eigenvalue weighted by molar-refractivity contribution is -0.131. The number of pyridine rings is 1. The second kappa shape index (κ2) is 10.2. The zero-order valence-electron chi connectivity index (χ0n) is 16.2. The van der Waals surface area contributed by atoms with Gasteiger partial charge in [0, 0.05) is 18.8 Å². The highest BCUT2D eigenvalue weighted by Gasteiger charge is 2.33. The molecule has 2 heterocycles. The molecular formula is C21H23F2N3O4. The number of carbonyl (C=O) groups is 2. The maximum atomic E-state index is 13.2. The molecule has 0 spiro atoms. The zero-order chi connectivity index (χ0) is 21.5. The van der Waals surface area contributed by atoms with Crippen LogP contribution < -0.4 is 10.6 Å². The summed E-state index contributed by atoms with van der Waals surface area (Å²) in [4.78, 5) is 28.4. The number of aromatic nitrogens is 1. The minimum Gasteiger partial charge on any atom is -0.394 e. The van der Waals surface area contributed by atoms with Crippen molar-refractivity contribution < 1.29 is 28.2 Å². The molecule has 0 radical (unpaired) electrons. The summed E-state index contributed by atoms with van der Waals surface area (Å²) < 4.78 is 32.2. The Bertz CT molecular complexity index is 862. The van der Waals surface area contributed by atoms with Crippen molar-refractivity contribution in [2.75, 3.05) is 6.61 Å². The number of halogens is 2. The normalized spacial score (nSPS) is 21.1. The zero-order valence-corrected chi connectivity index (χ0v) is 16.2. The van der Waals surface area contributed by atoms with Gasteiger partial charge in [0.05, 0.1) is 25.2 Å². The topological polar surface area (TPSA) is 101 Å². The summed E-state index contributed by atoms with van der Waals surface area (Å²) in [7, 11) is 0. The van der Waals surface area contributed by atoms with Crippen LogP contribution in [0.1, 0.15) is 35.3 Å². The Kier molecular flexibility index (Phi) is 7.42. The number of ether oxygens (including phenoxy) is 1. The van der Waals surface area contributed by atoms with Crippen molar-refractivity contribution in [2.45, 2.75) is 44.1 Å². The van der Waals surface area contributed by atoms with E-state index < -0.39 is 29.9 Å².